The highest BCUT2D eigenvalue weighted by Gasteiger charge is 2.20. The number of benzene rings is 1. The van der Waals surface area contributed by atoms with E-state index in [0.29, 0.717) is 30.2 Å². The fraction of sp³-hybridized carbons (Fsp3) is 0.483. The summed E-state index contributed by atoms with van der Waals surface area (Å²) in [7, 11) is 1.64. The summed E-state index contributed by atoms with van der Waals surface area (Å²) >= 11 is 0. The number of Topliss-reactive ketones (excluding diaryl/α,β-unsaturated/α-hetero) is 1. The molecule has 3 rings (SSSR count). The number of imidazole rings is 1. The normalized spacial score (nSPS) is 11.4. The van der Waals surface area contributed by atoms with Crippen molar-refractivity contribution >= 4 is 17.3 Å². The summed E-state index contributed by atoms with van der Waals surface area (Å²) in [4.78, 5) is 32.3. The van der Waals surface area contributed by atoms with Gasteiger partial charge in [0.25, 0.3) is 5.91 Å². The van der Waals surface area contributed by atoms with Crippen LogP contribution >= 0.6 is 0 Å². The Bertz CT molecular complexity index is 1150. The average molecular weight is 478 g/mol. The van der Waals surface area contributed by atoms with E-state index < -0.39 is 0 Å². The molecule has 0 atom stereocenters. The Hall–Kier alpha value is -3.15. The van der Waals surface area contributed by atoms with Gasteiger partial charge < -0.3 is 18.8 Å². The zero-order valence-electron chi connectivity index (χ0n) is 22.0. The monoisotopic (exact) mass is 477 g/mol. The number of aromatic nitrogens is 2. The molecule has 1 aromatic carbocycles. The number of nitrogens with zero attached hydrogens (tertiary/aromatic N) is 3. The summed E-state index contributed by atoms with van der Waals surface area (Å²) < 4.78 is 7.39. The van der Waals surface area contributed by atoms with Crippen LogP contribution in [0, 0.1) is 11.8 Å². The zero-order chi connectivity index (χ0) is 25.5. The third-order valence-corrected chi connectivity index (χ3v) is 6.26. The lowest BCUT2D eigenvalue weighted by Gasteiger charge is -2.24. The first-order valence-corrected chi connectivity index (χ1v) is 12.6. The number of ether oxygens (including phenoxy) is 1. The Morgan fingerprint density at radius 2 is 1.71 bits per heavy atom. The first kappa shape index (κ1) is 26.5. The van der Waals surface area contributed by atoms with Crippen molar-refractivity contribution in [3.8, 4) is 17.0 Å². The summed E-state index contributed by atoms with van der Waals surface area (Å²) in [5, 5.41) is 0. The van der Waals surface area contributed by atoms with Gasteiger partial charge in [0.2, 0.25) is 0 Å². The highest BCUT2D eigenvalue weighted by molar-refractivity contribution is 5.94. The van der Waals surface area contributed by atoms with Crippen LogP contribution in [0.2, 0.25) is 0 Å². The molecule has 0 saturated carbocycles. The molecule has 0 saturated heterocycles. The summed E-state index contributed by atoms with van der Waals surface area (Å²) in [6.45, 7) is 11.8. The number of hydrogen-bond donors (Lipinski definition) is 0. The minimum absolute atomic E-state index is 0.0438. The number of aryl methyl sites for hydroxylation is 1. The number of ketones is 1. The minimum atomic E-state index is 0.0438. The molecule has 0 bridgehead atoms. The van der Waals surface area contributed by atoms with Gasteiger partial charge in [-0.05, 0) is 62.3 Å². The van der Waals surface area contributed by atoms with E-state index in [2.05, 4.69) is 27.7 Å². The van der Waals surface area contributed by atoms with Gasteiger partial charge in [-0.25, -0.2) is 4.98 Å². The first-order chi connectivity index (χ1) is 16.7. The van der Waals surface area contributed by atoms with Crippen LogP contribution in [0.15, 0.2) is 42.6 Å². The van der Waals surface area contributed by atoms with Crippen molar-refractivity contribution in [3.63, 3.8) is 0 Å². The lowest BCUT2D eigenvalue weighted by molar-refractivity contribution is -0.117. The fourth-order valence-electron chi connectivity index (χ4n) is 4.08. The Morgan fingerprint density at radius 3 is 2.31 bits per heavy atom. The van der Waals surface area contributed by atoms with Gasteiger partial charge >= 0.3 is 0 Å². The number of pyridine rings is 1. The minimum Gasteiger partial charge on any atom is -0.497 e. The molecule has 188 valence electrons. The van der Waals surface area contributed by atoms with E-state index in [9.17, 15) is 9.59 Å². The molecular weight excluding hydrogens is 438 g/mol. The van der Waals surface area contributed by atoms with E-state index in [4.69, 9.17) is 9.72 Å². The van der Waals surface area contributed by atoms with Crippen LogP contribution in [0.4, 0.5) is 0 Å². The number of carbonyl (C=O) groups is 2. The van der Waals surface area contributed by atoms with E-state index in [-0.39, 0.29) is 11.7 Å². The number of fused-ring (bicyclic) bond motifs is 1. The zero-order valence-corrected chi connectivity index (χ0v) is 22.0. The maximum absolute atomic E-state index is 13.6. The third-order valence-electron chi connectivity index (χ3n) is 6.26. The second-order valence-corrected chi connectivity index (χ2v) is 10.1. The Balaban J connectivity index is 2.03. The smallest absolute Gasteiger partial charge is 0.255 e. The van der Waals surface area contributed by atoms with E-state index in [1.807, 2.05) is 51.9 Å². The molecule has 0 N–H and O–H groups in total. The number of rotatable bonds is 12. The number of carbonyl (C=O) groups excluding carboxylic acids is 2. The predicted molar refractivity (Wildman–Crippen MR) is 141 cm³/mol. The molecule has 0 spiro atoms. The van der Waals surface area contributed by atoms with Crippen LogP contribution in [-0.4, -0.2) is 46.2 Å². The van der Waals surface area contributed by atoms with Crippen molar-refractivity contribution in [2.24, 2.45) is 11.8 Å². The standard InChI is InChI=1S/C29H39N3O3/c1-20(2)14-16-31(17-15-21(3)4)29(34)24-11-13-27-30-28(23-8-7-9-25(18-23)35-6)26(32(27)19-24)12-10-22(5)33/h7-9,11,13,18-21H,10,12,14-17H2,1-6H3. The Morgan fingerprint density at radius 1 is 1.03 bits per heavy atom. The van der Waals surface area contributed by atoms with Gasteiger partial charge in [0.05, 0.1) is 24.1 Å². The molecule has 6 nitrogen and oxygen atoms in total. The van der Waals surface area contributed by atoms with Gasteiger partial charge in [0.1, 0.15) is 17.2 Å². The lowest BCUT2D eigenvalue weighted by atomic mass is 10.1. The van der Waals surface area contributed by atoms with Crippen LogP contribution in [0.3, 0.4) is 0 Å². The van der Waals surface area contributed by atoms with Gasteiger partial charge in [0, 0.05) is 31.3 Å². The van der Waals surface area contributed by atoms with Gasteiger partial charge in [-0.15, -0.1) is 0 Å². The molecule has 0 radical (unpaired) electrons. The molecule has 0 aliphatic rings. The fourth-order valence-corrected chi connectivity index (χ4v) is 4.08. The van der Waals surface area contributed by atoms with Gasteiger partial charge in [0.15, 0.2) is 0 Å². The molecular formula is C29H39N3O3. The second kappa shape index (κ2) is 12.0. The second-order valence-electron chi connectivity index (χ2n) is 10.1. The topological polar surface area (TPSA) is 63.9 Å². The summed E-state index contributed by atoms with van der Waals surface area (Å²) in [6.07, 6.45) is 4.80. The molecule has 2 heterocycles. The predicted octanol–water partition coefficient (Wildman–Crippen LogP) is 6.07. The van der Waals surface area contributed by atoms with Crippen LogP contribution in [0.5, 0.6) is 5.75 Å². The van der Waals surface area contributed by atoms with Gasteiger partial charge in [-0.1, -0.05) is 39.8 Å². The third kappa shape index (κ3) is 6.93. The van der Waals surface area contributed by atoms with Crippen molar-refractivity contribution in [1.29, 1.82) is 0 Å². The van der Waals surface area contributed by atoms with E-state index in [1.165, 1.54) is 0 Å². The maximum atomic E-state index is 13.6. The van der Waals surface area contributed by atoms with E-state index in [1.54, 1.807) is 14.0 Å². The summed E-state index contributed by atoms with van der Waals surface area (Å²) in [5.41, 5.74) is 4.06. The van der Waals surface area contributed by atoms with E-state index >= 15 is 0 Å². The quantitative estimate of drug-likeness (QED) is 0.318. The lowest BCUT2D eigenvalue weighted by Crippen LogP contribution is -2.34. The molecule has 0 fully saturated rings. The molecule has 6 heteroatoms. The molecule has 0 aliphatic carbocycles. The van der Waals surface area contributed by atoms with Gasteiger partial charge in [-0.2, -0.15) is 0 Å². The Labute approximate surface area is 209 Å². The molecule has 1 amide bonds. The van der Waals surface area contributed by atoms with Crippen molar-refractivity contribution in [3.05, 3.63) is 53.9 Å². The van der Waals surface area contributed by atoms with Crippen LogP contribution < -0.4 is 4.74 Å². The van der Waals surface area contributed by atoms with Crippen LogP contribution in [0.25, 0.3) is 16.9 Å². The van der Waals surface area contributed by atoms with Crippen LogP contribution in [0.1, 0.15) is 69.9 Å². The van der Waals surface area contributed by atoms with Gasteiger partial charge in [-0.3, -0.25) is 4.79 Å². The summed E-state index contributed by atoms with van der Waals surface area (Å²) in [5.74, 6) is 1.98. The maximum Gasteiger partial charge on any atom is 0.255 e. The molecule has 2 aromatic heterocycles. The SMILES string of the molecule is COc1cccc(-c2nc3ccc(C(=O)N(CCC(C)C)CCC(C)C)cn3c2CCC(C)=O)c1. The first-order valence-electron chi connectivity index (χ1n) is 12.6. The van der Waals surface area contributed by atoms with Crippen LogP contribution in [-0.2, 0) is 11.2 Å². The Kier molecular flexibility index (Phi) is 9.07. The highest BCUT2D eigenvalue weighted by atomic mass is 16.5. The van der Waals surface area contributed by atoms with Crippen molar-refractivity contribution < 1.29 is 14.3 Å². The average Bonchev–Trinajstić information content (AvgIpc) is 3.19. The largest absolute Gasteiger partial charge is 0.497 e. The van der Waals surface area contributed by atoms with Crippen molar-refractivity contribution in [1.82, 2.24) is 14.3 Å². The highest BCUT2D eigenvalue weighted by Crippen LogP contribution is 2.29. The molecule has 35 heavy (non-hydrogen) atoms. The number of methoxy groups -OCH3 is 1. The van der Waals surface area contributed by atoms with E-state index in [0.717, 1.165) is 54.3 Å². The molecule has 3 aromatic rings. The number of amides is 1. The van der Waals surface area contributed by atoms with Crippen molar-refractivity contribution in [2.75, 3.05) is 20.2 Å². The summed E-state index contributed by atoms with van der Waals surface area (Å²) in [6, 6.07) is 11.5. The number of hydrogen-bond acceptors (Lipinski definition) is 4. The molecule has 0 unspecified atom stereocenters. The molecule has 0 aliphatic heterocycles. The van der Waals surface area contributed by atoms with Crippen molar-refractivity contribution in [2.45, 2.75) is 60.3 Å².